The van der Waals surface area contributed by atoms with Gasteiger partial charge in [-0.3, -0.25) is 4.99 Å². The smallest absolute Gasteiger partial charge is 0.419 e. The van der Waals surface area contributed by atoms with Crippen LogP contribution in [-0.2, 0) is 5.41 Å². The van der Waals surface area contributed by atoms with Gasteiger partial charge in [0.05, 0.1) is 30.0 Å². The van der Waals surface area contributed by atoms with E-state index in [9.17, 15) is 32.2 Å². The fourth-order valence-corrected chi connectivity index (χ4v) is 5.55. The zero-order valence-electron chi connectivity index (χ0n) is 20.2. The number of anilines is 1. The Hall–Kier alpha value is -3.47. The predicted molar refractivity (Wildman–Crippen MR) is 130 cm³/mol. The van der Waals surface area contributed by atoms with E-state index in [0.717, 1.165) is 12.1 Å². The van der Waals surface area contributed by atoms with E-state index in [0.29, 0.717) is 16.6 Å². The van der Waals surface area contributed by atoms with Crippen molar-refractivity contribution in [2.24, 2.45) is 10.9 Å². The van der Waals surface area contributed by atoms with Gasteiger partial charge in [0.25, 0.3) is 0 Å². The van der Waals surface area contributed by atoms with Crippen molar-refractivity contribution < 1.29 is 32.2 Å². The van der Waals surface area contributed by atoms with Crippen LogP contribution in [0.2, 0.25) is 0 Å². The molecule has 2 heterocycles. The van der Waals surface area contributed by atoms with Gasteiger partial charge in [-0.2, -0.15) is 22.7 Å². The molecule has 1 aromatic heterocycles. The van der Waals surface area contributed by atoms with Crippen LogP contribution in [0.4, 0.5) is 27.6 Å². The maximum atomic E-state index is 14.4. The van der Waals surface area contributed by atoms with Gasteiger partial charge in [0.2, 0.25) is 5.97 Å². The molecule has 0 bridgehead atoms. The molecule has 11 heteroatoms. The van der Waals surface area contributed by atoms with Gasteiger partial charge in [0, 0.05) is 28.6 Å². The molecular formula is C26H25F5N4O2. The number of dihydropyridines is 1. The standard InChI is InChI=1S/C26H25F5N4O2/c1-13-10-32-20(28)9-19(13)35-18-6-4-5-17(15(18)11-33-35)34-23-14-7-8-16(27)22(36)21(14)24(2,3)12-25(23,37)26(29,30)31/h4-9,11,13,23,34,36-37H,10,12H2,1-3H3/t13?,23-,25+/m0/s1. The van der Waals surface area contributed by atoms with Gasteiger partial charge in [0.1, 0.15) is 0 Å². The zero-order valence-corrected chi connectivity index (χ0v) is 20.2. The third-order valence-corrected chi connectivity index (χ3v) is 7.27. The van der Waals surface area contributed by atoms with E-state index in [4.69, 9.17) is 0 Å². The summed E-state index contributed by atoms with van der Waals surface area (Å²) >= 11 is 0. The SMILES string of the molecule is CC1CN=C(F)C=C1n1ncc2c(N[C@H]3c4ccc(F)c(O)c4C(C)(C)C[C@]3(O)C(F)(F)F)cccc21. The number of phenols is 1. The second-order valence-electron chi connectivity index (χ2n) is 10.3. The number of phenolic OH excluding ortho intramolecular Hbond substituents is 1. The molecule has 3 atom stereocenters. The molecule has 2 aromatic carbocycles. The van der Waals surface area contributed by atoms with Crippen molar-refractivity contribution in [1.29, 1.82) is 0 Å². The Morgan fingerprint density at radius 3 is 2.57 bits per heavy atom. The number of aliphatic imine (C=N–C) groups is 1. The Kier molecular flexibility index (Phi) is 5.63. The molecule has 0 saturated carbocycles. The average Bonchev–Trinajstić information content (AvgIpc) is 3.23. The maximum Gasteiger partial charge on any atom is 0.419 e. The molecule has 0 amide bonds. The summed E-state index contributed by atoms with van der Waals surface area (Å²) in [6.45, 7) is 4.92. The number of allylic oxidation sites excluding steroid dienone is 1. The molecule has 37 heavy (non-hydrogen) atoms. The van der Waals surface area contributed by atoms with Crippen molar-refractivity contribution >= 4 is 28.3 Å². The second-order valence-corrected chi connectivity index (χ2v) is 10.3. The lowest BCUT2D eigenvalue weighted by Gasteiger charge is -2.49. The largest absolute Gasteiger partial charge is 0.505 e. The third kappa shape index (κ3) is 3.87. The van der Waals surface area contributed by atoms with Crippen molar-refractivity contribution in [2.45, 2.75) is 50.4 Å². The minimum atomic E-state index is -5.05. The number of fused-ring (bicyclic) bond motifs is 2. The molecule has 1 aliphatic carbocycles. The van der Waals surface area contributed by atoms with Crippen molar-refractivity contribution in [3.8, 4) is 5.75 Å². The number of aromatic nitrogens is 2. The third-order valence-electron chi connectivity index (χ3n) is 7.27. The molecule has 1 aliphatic heterocycles. The molecule has 6 nitrogen and oxygen atoms in total. The minimum Gasteiger partial charge on any atom is -0.505 e. The summed E-state index contributed by atoms with van der Waals surface area (Å²) in [4.78, 5) is 3.77. The van der Waals surface area contributed by atoms with Crippen molar-refractivity contribution in [3.63, 3.8) is 0 Å². The van der Waals surface area contributed by atoms with Crippen LogP contribution in [0, 0.1) is 11.7 Å². The van der Waals surface area contributed by atoms with Crippen LogP contribution in [0.25, 0.3) is 16.6 Å². The number of hydrogen-bond acceptors (Lipinski definition) is 5. The van der Waals surface area contributed by atoms with Crippen molar-refractivity contribution in [2.75, 3.05) is 11.9 Å². The molecule has 0 saturated heterocycles. The van der Waals surface area contributed by atoms with Gasteiger partial charge >= 0.3 is 6.18 Å². The lowest BCUT2D eigenvalue weighted by molar-refractivity contribution is -0.276. The summed E-state index contributed by atoms with van der Waals surface area (Å²) in [5.74, 6) is -2.50. The second kappa shape index (κ2) is 8.27. The van der Waals surface area contributed by atoms with E-state index < -0.39 is 47.2 Å². The van der Waals surface area contributed by atoms with E-state index in [1.807, 2.05) is 6.92 Å². The van der Waals surface area contributed by atoms with Crippen LogP contribution in [0.1, 0.15) is 44.4 Å². The van der Waals surface area contributed by atoms with Gasteiger partial charge in [-0.15, -0.1) is 0 Å². The number of halogens is 5. The van der Waals surface area contributed by atoms with E-state index in [2.05, 4.69) is 15.4 Å². The number of alkyl halides is 3. The summed E-state index contributed by atoms with van der Waals surface area (Å²) in [5.41, 5.74) is -3.44. The molecule has 196 valence electrons. The molecule has 0 radical (unpaired) electrons. The Bertz CT molecular complexity index is 1460. The van der Waals surface area contributed by atoms with E-state index in [1.54, 1.807) is 12.1 Å². The molecule has 2 aliphatic rings. The molecule has 3 aromatic rings. The highest BCUT2D eigenvalue weighted by Crippen LogP contribution is 2.56. The fraction of sp³-hybridized carbons (Fsp3) is 0.385. The predicted octanol–water partition coefficient (Wildman–Crippen LogP) is 5.87. The van der Waals surface area contributed by atoms with Crippen LogP contribution in [0.3, 0.4) is 0 Å². The summed E-state index contributed by atoms with van der Waals surface area (Å²) < 4.78 is 73.0. The van der Waals surface area contributed by atoms with Crippen molar-refractivity contribution in [3.05, 3.63) is 59.5 Å². The highest BCUT2D eigenvalue weighted by Gasteiger charge is 2.64. The Morgan fingerprint density at radius 1 is 1.14 bits per heavy atom. The van der Waals surface area contributed by atoms with E-state index >= 15 is 0 Å². The number of nitrogens with zero attached hydrogens (tertiary/aromatic N) is 3. The first-order chi connectivity index (χ1) is 17.2. The van der Waals surface area contributed by atoms with Crippen LogP contribution in [0.15, 0.2) is 47.6 Å². The molecule has 3 N–H and O–H groups in total. The number of nitrogens with one attached hydrogen (secondary N) is 1. The average molecular weight is 521 g/mol. The first-order valence-corrected chi connectivity index (χ1v) is 11.7. The molecule has 0 spiro atoms. The number of hydrogen-bond donors (Lipinski definition) is 3. The van der Waals surface area contributed by atoms with Crippen LogP contribution in [-0.4, -0.2) is 44.3 Å². The number of benzene rings is 2. The lowest BCUT2D eigenvalue weighted by atomic mass is 9.63. The van der Waals surface area contributed by atoms with Gasteiger partial charge in [0.15, 0.2) is 17.2 Å². The maximum absolute atomic E-state index is 14.4. The minimum absolute atomic E-state index is 0.00209. The number of aliphatic hydroxyl groups is 1. The molecule has 0 fully saturated rings. The van der Waals surface area contributed by atoms with Gasteiger partial charge in [-0.05, 0) is 35.6 Å². The van der Waals surface area contributed by atoms with Crippen molar-refractivity contribution in [1.82, 2.24) is 9.78 Å². The van der Waals surface area contributed by atoms with Crippen LogP contribution < -0.4 is 5.32 Å². The van der Waals surface area contributed by atoms with Crippen LogP contribution in [0.5, 0.6) is 5.75 Å². The number of aromatic hydroxyl groups is 1. The van der Waals surface area contributed by atoms with Gasteiger partial charge < -0.3 is 15.5 Å². The molecule has 1 unspecified atom stereocenters. The summed E-state index contributed by atoms with van der Waals surface area (Å²) in [6, 6.07) is 5.10. The summed E-state index contributed by atoms with van der Waals surface area (Å²) in [6.07, 6.45) is -3.17. The summed E-state index contributed by atoms with van der Waals surface area (Å²) in [7, 11) is 0. The highest BCUT2D eigenvalue weighted by atomic mass is 19.4. The fourth-order valence-electron chi connectivity index (χ4n) is 5.55. The van der Waals surface area contributed by atoms with E-state index in [-0.39, 0.29) is 29.3 Å². The topological polar surface area (TPSA) is 82.7 Å². The molecule has 5 rings (SSSR count). The quantitative estimate of drug-likeness (QED) is 0.378. The Balaban J connectivity index is 1.67. The number of rotatable bonds is 3. The first kappa shape index (κ1) is 25.2. The highest BCUT2D eigenvalue weighted by molar-refractivity contribution is 5.97. The molecular weight excluding hydrogens is 495 g/mol. The van der Waals surface area contributed by atoms with Gasteiger partial charge in [-0.1, -0.05) is 32.9 Å². The van der Waals surface area contributed by atoms with Crippen LogP contribution >= 0.6 is 0 Å². The summed E-state index contributed by atoms with van der Waals surface area (Å²) in [5, 5.41) is 29.2. The first-order valence-electron chi connectivity index (χ1n) is 11.7. The Labute approximate surface area is 209 Å². The van der Waals surface area contributed by atoms with E-state index in [1.165, 1.54) is 36.9 Å². The van der Waals surface area contributed by atoms with Gasteiger partial charge in [-0.25, -0.2) is 9.07 Å². The Morgan fingerprint density at radius 2 is 1.86 bits per heavy atom. The zero-order chi connectivity index (χ0) is 26.9. The normalized spacial score (nSPS) is 25.4. The lowest BCUT2D eigenvalue weighted by Crippen LogP contribution is -2.58. The monoisotopic (exact) mass is 520 g/mol.